The predicted molar refractivity (Wildman–Crippen MR) is 109 cm³/mol. The number of aromatic nitrogens is 2. The summed E-state index contributed by atoms with van der Waals surface area (Å²) in [6.07, 6.45) is 1.63. The van der Waals surface area contributed by atoms with Crippen LogP contribution < -0.4 is 15.4 Å². The highest BCUT2D eigenvalue weighted by Crippen LogP contribution is 2.28. The normalized spacial score (nSPS) is 10.2. The third-order valence-corrected chi connectivity index (χ3v) is 4.03. The van der Waals surface area contributed by atoms with Gasteiger partial charge in [-0.1, -0.05) is 11.6 Å². The van der Waals surface area contributed by atoms with Gasteiger partial charge >= 0.3 is 5.97 Å². The number of nitrogens with one attached hydrogen (secondary N) is 2. The first-order valence-corrected chi connectivity index (χ1v) is 8.94. The molecule has 2 N–H and O–H groups in total. The molecule has 8 heteroatoms. The van der Waals surface area contributed by atoms with Gasteiger partial charge in [0.15, 0.2) is 0 Å². The Morgan fingerprint density at radius 1 is 1.07 bits per heavy atom. The minimum atomic E-state index is -0.352. The van der Waals surface area contributed by atoms with Crippen LogP contribution in [0.5, 0.6) is 5.75 Å². The molecular weight excluding hydrogens is 380 g/mol. The van der Waals surface area contributed by atoms with Gasteiger partial charge in [-0.2, -0.15) is 4.98 Å². The van der Waals surface area contributed by atoms with Crippen LogP contribution in [0.15, 0.2) is 54.7 Å². The molecule has 0 spiro atoms. The second kappa shape index (κ2) is 9.05. The number of anilines is 4. The lowest BCUT2D eigenvalue weighted by molar-refractivity contribution is 0.0526. The van der Waals surface area contributed by atoms with E-state index in [1.165, 1.54) is 0 Å². The Bertz CT molecular complexity index is 964. The summed E-state index contributed by atoms with van der Waals surface area (Å²) < 4.78 is 10.1. The van der Waals surface area contributed by atoms with Gasteiger partial charge < -0.3 is 20.1 Å². The number of benzene rings is 2. The molecule has 0 unspecified atom stereocenters. The van der Waals surface area contributed by atoms with Crippen molar-refractivity contribution in [2.75, 3.05) is 24.4 Å². The van der Waals surface area contributed by atoms with Gasteiger partial charge in [-0.25, -0.2) is 9.78 Å². The third-order valence-electron chi connectivity index (χ3n) is 3.73. The van der Waals surface area contributed by atoms with Crippen molar-refractivity contribution in [1.82, 2.24) is 9.97 Å². The molecule has 0 saturated carbocycles. The average Bonchev–Trinajstić information content (AvgIpc) is 2.69. The van der Waals surface area contributed by atoms with Crippen LogP contribution in [0, 0.1) is 0 Å². The summed E-state index contributed by atoms with van der Waals surface area (Å²) >= 11 is 6.15. The lowest BCUT2D eigenvalue weighted by Crippen LogP contribution is -2.05. The lowest BCUT2D eigenvalue weighted by Gasteiger charge is -2.10. The molecule has 0 aliphatic heterocycles. The van der Waals surface area contributed by atoms with Crippen molar-refractivity contribution in [2.24, 2.45) is 0 Å². The maximum atomic E-state index is 11.7. The molecule has 2 aromatic carbocycles. The highest BCUT2D eigenvalue weighted by molar-refractivity contribution is 6.32. The average molecular weight is 399 g/mol. The fourth-order valence-electron chi connectivity index (χ4n) is 2.41. The van der Waals surface area contributed by atoms with Gasteiger partial charge in [-0.3, -0.25) is 0 Å². The molecular formula is C20H19ClN4O3. The van der Waals surface area contributed by atoms with E-state index in [2.05, 4.69) is 20.6 Å². The molecule has 1 heterocycles. The van der Waals surface area contributed by atoms with E-state index < -0.39 is 0 Å². The minimum absolute atomic E-state index is 0.339. The number of methoxy groups -OCH3 is 1. The van der Waals surface area contributed by atoms with Crippen LogP contribution in [0.2, 0.25) is 5.02 Å². The second-order valence-corrected chi connectivity index (χ2v) is 6.07. The summed E-state index contributed by atoms with van der Waals surface area (Å²) in [4.78, 5) is 20.3. The first-order chi connectivity index (χ1) is 13.6. The first kappa shape index (κ1) is 19.4. The zero-order chi connectivity index (χ0) is 19.9. The Morgan fingerprint density at radius 3 is 2.50 bits per heavy atom. The Hall–Kier alpha value is -3.32. The number of ether oxygens (including phenoxy) is 2. The van der Waals surface area contributed by atoms with Crippen molar-refractivity contribution in [3.05, 3.63) is 65.3 Å². The lowest BCUT2D eigenvalue weighted by atomic mass is 10.2. The molecule has 3 rings (SSSR count). The SMILES string of the molecule is CCOC(=O)c1ccc(Nc2nccc(Nc3ccc(OC)c(Cl)c3)n2)cc1. The van der Waals surface area contributed by atoms with Gasteiger partial charge in [0.25, 0.3) is 0 Å². The summed E-state index contributed by atoms with van der Waals surface area (Å²) in [6, 6.07) is 14.0. The molecule has 0 bridgehead atoms. The van der Waals surface area contributed by atoms with Crippen LogP contribution in [0.1, 0.15) is 17.3 Å². The number of nitrogens with zero attached hydrogens (tertiary/aromatic N) is 2. The van der Waals surface area contributed by atoms with Crippen molar-refractivity contribution in [3.63, 3.8) is 0 Å². The van der Waals surface area contributed by atoms with Gasteiger partial charge in [0, 0.05) is 17.6 Å². The minimum Gasteiger partial charge on any atom is -0.495 e. The Kier molecular flexibility index (Phi) is 6.29. The van der Waals surface area contributed by atoms with Crippen LogP contribution >= 0.6 is 11.6 Å². The van der Waals surface area contributed by atoms with E-state index in [4.69, 9.17) is 21.1 Å². The molecule has 7 nitrogen and oxygen atoms in total. The topological polar surface area (TPSA) is 85.4 Å². The molecule has 0 amide bonds. The molecule has 0 saturated heterocycles. The zero-order valence-electron chi connectivity index (χ0n) is 15.4. The van der Waals surface area contributed by atoms with Crippen LogP contribution in [0.3, 0.4) is 0 Å². The van der Waals surface area contributed by atoms with Crippen LogP contribution in [-0.2, 0) is 4.74 Å². The van der Waals surface area contributed by atoms with E-state index in [0.29, 0.717) is 34.7 Å². The highest BCUT2D eigenvalue weighted by atomic mass is 35.5. The van der Waals surface area contributed by atoms with Gasteiger partial charge in [-0.05, 0) is 55.5 Å². The summed E-state index contributed by atoms with van der Waals surface area (Å²) in [5, 5.41) is 6.77. The highest BCUT2D eigenvalue weighted by Gasteiger charge is 2.07. The van der Waals surface area contributed by atoms with E-state index in [1.807, 2.05) is 6.07 Å². The van der Waals surface area contributed by atoms with E-state index in [1.54, 1.807) is 62.7 Å². The smallest absolute Gasteiger partial charge is 0.338 e. The maximum Gasteiger partial charge on any atom is 0.338 e. The molecule has 0 aliphatic carbocycles. The van der Waals surface area contributed by atoms with Gasteiger partial charge in [-0.15, -0.1) is 0 Å². The molecule has 0 fully saturated rings. The quantitative estimate of drug-likeness (QED) is 0.552. The number of rotatable bonds is 7. The molecule has 1 aromatic heterocycles. The van der Waals surface area contributed by atoms with Crippen LogP contribution in [0.25, 0.3) is 0 Å². The van der Waals surface area contributed by atoms with Crippen LogP contribution in [-0.4, -0.2) is 29.7 Å². The third kappa shape index (κ3) is 4.89. The monoisotopic (exact) mass is 398 g/mol. The maximum absolute atomic E-state index is 11.7. The van der Waals surface area contributed by atoms with Crippen molar-refractivity contribution in [1.29, 1.82) is 0 Å². The second-order valence-electron chi connectivity index (χ2n) is 5.66. The Labute approximate surface area is 167 Å². The van der Waals surface area contributed by atoms with E-state index in [-0.39, 0.29) is 5.97 Å². The van der Waals surface area contributed by atoms with Gasteiger partial charge in [0.1, 0.15) is 11.6 Å². The summed E-state index contributed by atoms with van der Waals surface area (Å²) in [7, 11) is 1.57. The number of halogens is 1. The Balaban J connectivity index is 1.69. The molecule has 0 radical (unpaired) electrons. The van der Waals surface area contributed by atoms with E-state index >= 15 is 0 Å². The van der Waals surface area contributed by atoms with Crippen molar-refractivity contribution >= 4 is 40.7 Å². The summed E-state index contributed by atoms with van der Waals surface area (Å²) in [5.41, 5.74) is 2.01. The number of carbonyl (C=O) groups excluding carboxylic acids is 1. The van der Waals surface area contributed by atoms with Gasteiger partial charge in [0.05, 0.1) is 24.3 Å². The standard InChI is InChI=1S/C20H19ClN4O3/c1-3-28-19(26)13-4-6-14(7-5-13)24-20-22-11-10-18(25-20)23-15-8-9-17(27-2)16(21)12-15/h4-12H,3H2,1-2H3,(H2,22,23,24,25). The number of esters is 1. The number of hydrogen-bond donors (Lipinski definition) is 2. The molecule has 28 heavy (non-hydrogen) atoms. The molecule has 3 aromatic rings. The number of hydrogen-bond acceptors (Lipinski definition) is 7. The van der Waals surface area contributed by atoms with Crippen LogP contribution in [0.4, 0.5) is 23.1 Å². The van der Waals surface area contributed by atoms with Crippen molar-refractivity contribution in [2.45, 2.75) is 6.92 Å². The van der Waals surface area contributed by atoms with Crippen molar-refractivity contribution in [3.8, 4) is 5.75 Å². The molecule has 0 aliphatic rings. The predicted octanol–water partition coefficient (Wildman–Crippen LogP) is 4.80. The first-order valence-electron chi connectivity index (χ1n) is 8.57. The molecule has 0 atom stereocenters. The summed E-state index contributed by atoms with van der Waals surface area (Å²) in [5.74, 6) is 1.26. The van der Waals surface area contributed by atoms with E-state index in [0.717, 1.165) is 11.4 Å². The largest absolute Gasteiger partial charge is 0.495 e. The molecule has 144 valence electrons. The fourth-order valence-corrected chi connectivity index (χ4v) is 2.67. The Morgan fingerprint density at radius 2 is 1.82 bits per heavy atom. The zero-order valence-corrected chi connectivity index (χ0v) is 16.2. The van der Waals surface area contributed by atoms with Gasteiger partial charge in [0.2, 0.25) is 5.95 Å². The summed E-state index contributed by atoms with van der Waals surface area (Å²) in [6.45, 7) is 2.11. The fraction of sp³-hybridized carbons (Fsp3) is 0.150. The van der Waals surface area contributed by atoms with E-state index in [9.17, 15) is 4.79 Å². The van der Waals surface area contributed by atoms with Crippen molar-refractivity contribution < 1.29 is 14.3 Å². The number of carbonyl (C=O) groups is 1.